The number of hydrogen-bond acceptors (Lipinski definition) is 5. The van der Waals surface area contributed by atoms with Crippen molar-refractivity contribution in [1.29, 1.82) is 0 Å². The summed E-state index contributed by atoms with van der Waals surface area (Å²) in [5.74, 6) is -0.00552. The zero-order valence-electron chi connectivity index (χ0n) is 15.2. The molecule has 2 aliphatic rings. The number of aromatic nitrogens is 2. The van der Waals surface area contributed by atoms with Gasteiger partial charge >= 0.3 is 6.03 Å². The van der Waals surface area contributed by atoms with Crippen LogP contribution in [0, 0.1) is 17.7 Å². The van der Waals surface area contributed by atoms with Crippen LogP contribution in [0.15, 0.2) is 28.8 Å². The molecular formula is C19H21FN4O3. The van der Waals surface area contributed by atoms with E-state index in [1.165, 1.54) is 24.3 Å². The molecule has 2 atom stereocenters. The van der Waals surface area contributed by atoms with Crippen LogP contribution in [-0.4, -0.2) is 32.5 Å². The van der Waals surface area contributed by atoms with Crippen LogP contribution in [0.4, 0.5) is 9.18 Å². The quantitative estimate of drug-likeness (QED) is 0.837. The van der Waals surface area contributed by atoms with Gasteiger partial charge in [0.2, 0.25) is 11.7 Å². The number of hydrogen-bond donors (Lipinski definition) is 1. The van der Waals surface area contributed by atoms with Crippen molar-refractivity contribution in [2.45, 2.75) is 45.2 Å². The van der Waals surface area contributed by atoms with Gasteiger partial charge in [-0.15, -0.1) is 0 Å². The second-order valence-electron chi connectivity index (χ2n) is 7.44. The lowest BCUT2D eigenvalue weighted by molar-refractivity contribution is -0.137. The number of imide groups is 1. The Morgan fingerprint density at radius 3 is 2.56 bits per heavy atom. The van der Waals surface area contributed by atoms with E-state index in [4.69, 9.17) is 4.52 Å². The van der Waals surface area contributed by atoms with Crippen LogP contribution in [0.3, 0.4) is 0 Å². The number of carbonyl (C=O) groups excluding carboxylic acids is 2. The van der Waals surface area contributed by atoms with Crippen LogP contribution < -0.4 is 5.32 Å². The van der Waals surface area contributed by atoms with Crippen LogP contribution in [0.25, 0.3) is 11.4 Å². The standard InChI is InChI=1S/C19H21FN4O3/c1-11-4-3-5-12(2)19(11)17(25)24(18(26)22-19)10-15-21-16(23-27-15)13-6-8-14(20)9-7-13/h6-9,11-12H,3-5,10H2,1-2H3,(H,22,26). The predicted molar refractivity (Wildman–Crippen MR) is 93.7 cm³/mol. The number of amides is 3. The van der Waals surface area contributed by atoms with Gasteiger partial charge in [0, 0.05) is 5.56 Å². The second kappa shape index (κ2) is 6.44. The summed E-state index contributed by atoms with van der Waals surface area (Å²) in [7, 11) is 0. The summed E-state index contributed by atoms with van der Waals surface area (Å²) in [4.78, 5) is 31.1. The number of rotatable bonds is 3. The predicted octanol–water partition coefficient (Wildman–Crippen LogP) is 3.12. The third-order valence-electron chi connectivity index (χ3n) is 5.85. The summed E-state index contributed by atoms with van der Waals surface area (Å²) in [6, 6.07) is 5.26. The summed E-state index contributed by atoms with van der Waals surface area (Å²) in [6.07, 6.45) is 2.86. The van der Waals surface area contributed by atoms with Gasteiger partial charge in [-0.2, -0.15) is 4.98 Å². The van der Waals surface area contributed by atoms with E-state index in [0.717, 1.165) is 24.2 Å². The Kier molecular flexibility index (Phi) is 4.20. The molecule has 8 heteroatoms. The van der Waals surface area contributed by atoms with E-state index in [1.807, 2.05) is 13.8 Å². The van der Waals surface area contributed by atoms with Gasteiger partial charge in [-0.25, -0.2) is 9.18 Å². The average Bonchev–Trinajstić information content (AvgIpc) is 3.20. The third kappa shape index (κ3) is 2.79. The summed E-state index contributed by atoms with van der Waals surface area (Å²) in [5, 5.41) is 6.80. The van der Waals surface area contributed by atoms with E-state index < -0.39 is 11.6 Å². The Bertz CT molecular complexity index is 869. The molecule has 2 fully saturated rings. The molecular weight excluding hydrogens is 351 g/mol. The lowest BCUT2D eigenvalue weighted by Gasteiger charge is -2.42. The van der Waals surface area contributed by atoms with Gasteiger partial charge in [0.05, 0.1) is 0 Å². The zero-order valence-corrected chi connectivity index (χ0v) is 15.2. The molecule has 1 aliphatic heterocycles. The minimum Gasteiger partial charge on any atom is -0.337 e. The van der Waals surface area contributed by atoms with Crippen LogP contribution in [-0.2, 0) is 11.3 Å². The van der Waals surface area contributed by atoms with Gasteiger partial charge in [0.15, 0.2) is 0 Å². The molecule has 1 N–H and O–H groups in total. The van der Waals surface area contributed by atoms with E-state index in [0.29, 0.717) is 5.56 Å². The molecule has 2 unspecified atom stereocenters. The van der Waals surface area contributed by atoms with Gasteiger partial charge in [-0.3, -0.25) is 9.69 Å². The van der Waals surface area contributed by atoms with Crippen molar-refractivity contribution in [2.75, 3.05) is 0 Å². The molecule has 1 spiro atoms. The van der Waals surface area contributed by atoms with Gasteiger partial charge < -0.3 is 9.84 Å². The monoisotopic (exact) mass is 372 g/mol. The second-order valence-corrected chi connectivity index (χ2v) is 7.44. The summed E-state index contributed by atoms with van der Waals surface area (Å²) in [6.45, 7) is 3.94. The molecule has 1 aromatic carbocycles. The normalized spacial score (nSPS) is 28.0. The minimum atomic E-state index is -0.852. The van der Waals surface area contributed by atoms with Crippen molar-refractivity contribution in [1.82, 2.24) is 20.4 Å². The van der Waals surface area contributed by atoms with Gasteiger partial charge in [0.25, 0.3) is 5.91 Å². The highest BCUT2D eigenvalue weighted by atomic mass is 19.1. The average molecular weight is 372 g/mol. The van der Waals surface area contributed by atoms with E-state index in [-0.39, 0.29) is 41.8 Å². The molecule has 0 bridgehead atoms. The maximum atomic E-state index is 13.1. The van der Waals surface area contributed by atoms with Crippen LogP contribution in [0.2, 0.25) is 0 Å². The Hall–Kier alpha value is -2.77. The van der Waals surface area contributed by atoms with Crippen molar-refractivity contribution < 1.29 is 18.5 Å². The Morgan fingerprint density at radius 1 is 1.22 bits per heavy atom. The summed E-state index contributed by atoms with van der Waals surface area (Å²) < 4.78 is 18.3. The highest BCUT2D eigenvalue weighted by molar-refractivity contribution is 6.07. The Morgan fingerprint density at radius 2 is 1.89 bits per heavy atom. The lowest BCUT2D eigenvalue weighted by atomic mass is 9.67. The number of urea groups is 1. The molecule has 142 valence electrons. The van der Waals surface area contributed by atoms with Crippen molar-refractivity contribution in [3.63, 3.8) is 0 Å². The molecule has 3 amide bonds. The SMILES string of the molecule is CC1CCCC(C)C12NC(=O)N(Cc1nc(-c3ccc(F)cc3)no1)C2=O. The molecule has 1 saturated carbocycles. The van der Waals surface area contributed by atoms with E-state index in [9.17, 15) is 14.0 Å². The topological polar surface area (TPSA) is 88.3 Å². The number of carbonyl (C=O) groups is 2. The molecule has 7 nitrogen and oxygen atoms in total. The smallest absolute Gasteiger partial charge is 0.325 e. The highest BCUT2D eigenvalue weighted by Gasteiger charge is 2.58. The molecule has 4 rings (SSSR count). The van der Waals surface area contributed by atoms with Crippen LogP contribution in [0.1, 0.15) is 39.0 Å². The zero-order chi connectivity index (χ0) is 19.2. The number of benzene rings is 1. The Labute approximate surface area is 155 Å². The number of halogens is 1. The molecule has 2 heterocycles. The van der Waals surface area contributed by atoms with Crippen LogP contribution >= 0.6 is 0 Å². The van der Waals surface area contributed by atoms with Crippen molar-refractivity contribution in [3.8, 4) is 11.4 Å². The fourth-order valence-electron chi connectivity index (χ4n) is 4.27. The number of nitrogens with zero attached hydrogens (tertiary/aromatic N) is 3. The van der Waals surface area contributed by atoms with Crippen molar-refractivity contribution in [3.05, 3.63) is 36.0 Å². The van der Waals surface area contributed by atoms with Gasteiger partial charge in [-0.1, -0.05) is 25.4 Å². The number of nitrogens with one attached hydrogen (secondary N) is 1. The minimum absolute atomic E-state index is 0.0696. The van der Waals surface area contributed by atoms with Crippen molar-refractivity contribution in [2.24, 2.45) is 11.8 Å². The maximum Gasteiger partial charge on any atom is 0.325 e. The van der Waals surface area contributed by atoms with Gasteiger partial charge in [-0.05, 0) is 48.9 Å². The molecule has 2 aromatic rings. The first-order chi connectivity index (χ1) is 12.9. The molecule has 1 aromatic heterocycles. The van der Waals surface area contributed by atoms with Crippen molar-refractivity contribution >= 4 is 11.9 Å². The van der Waals surface area contributed by atoms with E-state index in [1.54, 1.807) is 0 Å². The molecule has 0 radical (unpaired) electrons. The fraction of sp³-hybridized carbons (Fsp3) is 0.474. The summed E-state index contributed by atoms with van der Waals surface area (Å²) in [5.41, 5.74) is -0.260. The largest absolute Gasteiger partial charge is 0.337 e. The molecule has 1 saturated heterocycles. The third-order valence-corrected chi connectivity index (χ3v) is 5.85. The summed E-state index contributed by atoms with van der Waals surface area (Å²) >= 11 is 0. The van der Waals surface area contributed by atoms with Gasteiger partial charge in [0.1, 0.15) is 17.9 Å². The van der Waals surface area contributed by atoms with E-state index in [2.05, 4.69) is 15.5 Å². The van der Waals surface area contributed by atoms with Crippen LogP contribution in [0.5, 0.6) is 0 Å². The first kappa shape index (κ1) is 17.6. The van der Waals surface area contributed by atoms with E-state index >= 15 is 0 Å². The first-order valence-corrected chi connectivity index (χ1v) is 9.14. The molecule has 1 aliphatic carbocycles. The Balaban J connectivity index is 1.56. The maximum absolute atomic E-state index is 13.1. The fourth-order valence-corrected chi connectivity index (χ4v) is 4.27. The first-order valence-electron chi connectivity index (χ1n) is 9.14. The molecule has 27 heavy (non-hydrogen) atoms. The highest BCUT2D eigenvalue weighted by Crippen LogP contribution is 2.42. The lowest BCUT2D eigenvalue weighted by Crippen LogP contribution is -2.58.